The Morgan fingerprint density at radius 2 is 2.22 bits per heavy atom. The van der Waals surface area contributed by atoms with Crippen molar-refractivity contribution >= 4 is 23.1 Å². The minimum atomic E-state index is 0.458. The van der Waals surface area contributed by atoms with Crippen LogP contribution in [0.1, 0.15) is 26.7 Å². The first-order valence-corrected chi connectivity index (χ1v) is 7.84. The van der Waals surface area contributed by atoms with Gasteiger partial charge in [-0.05, 0) is 43.9 Å². The molecule has 3 nitrogen and oxygen atoms in total. The largest absolute Gasteiger partial charge is 0.491 e. The summed E-state index contributed by atoms with van der Waals surface area (Å²) in [6.45, 7) is 4.98. The Bertz CT molecular complexity index is 358. The molecule has 1 atom stereocenters. The van der Waals surface area contributed by atoms with E-state index in [0.717, 1.165) is 24.3 Å². The number of thioether (sulfide) groups is 1. The van der Waals surface area contributed by atoms with Gasteiger partial charge in [-0.2, -0.15) is 11.8 Å². The van der Waals surface area contributed by atoms with Crippen LogP contribution in [0.25, 0.3) is 0 Å². The Kier molecular flexibility index (Phi) is 6.80. The minimum Gasteiger partial charge on any atom is -0.491 e. The third-order valence-corrected chi connectivity index (χ3v) is 3.29. The van der Waals surface area contributed by atoms with Crippen LogP contribution in [0.2, 0.25) is 0 Å². The minimum absolute atomic E-state index is 0.458. The van der Waals surface area contributed by atoms with Gasteiger partial charge in [0, 0.05) is 17.8 Å². The molecule has 0 fully saturated rings. The molecule has 0 heterocycles. The fraction of sp³-hybridized carbons (Fsp3) is 0.571. The van der Waals surface area contributed by atoms with Gasteiger partial charge in [0.25, 0.3) is 0 Å². The van der Waals surface area contributed by atoms with E-state index in [9.17, 15) is 0 Å². The molecule has 0 amide bonds. The SMILES string of the molecule is CCCOc1cc(NC(C)CCSC)ccc1N. The second kappa shape index (κ2) is 8.14. The Labute approximate surface area is 114 Å². The number of ether oxygens (including phenoxy) is 1. The van der Waals surface area contributed by atoms with Crippen LogP contribution < -0.4 is 15.8 Å². The summed E-state index contributed by atoms with van der Waals surface area (Å²) in [4.78, 5) is 0. The molecule has 18 heavy (non-hydrogen) atoms. The smallest absolute Gasteiger partial charge is 0.144 e. The summed E-state index contributed by atoms with van der Waals surface area (Å²) in [5.41, 5.74) is 7.66. The van der Waals surface area contributed by atoms with E-state index in [2.05, 4.69) is 25.4 Å². The first kappa shape index (κ1) is 15.0. The van der Waals surface area contributed by atoms with Crippen molar-refractivity contribution in [2.75, 3.05) is 29.7 Å². The molecule has 1 aromatic rings. The monoisotopic (exact) mass is 268 g/mol. The van der Waals surface area contributed by atoms with Gasteiger partial charge in [-0.15, -0.1) is 0 Å². The lowest BCUT2D eigenvalue weighted by atomic mass is 10.2. The van der Waals surface area contributed by atoms with Gasteiger partial charge in [-0.25, -0.2) is 0 Å². The van der Waals surface area contributed by atoms with Crippen molar-refractivity contribution in [2.24, 2.45) is 0 Å². The van der Waals surface area contributed by atoms with E-state index >= 15 is 0 Å². The zero-order chi connectivity index (χ0) is 13.4. The van der Waals surface area contributed by atoms with E-state index in [1.807, 2.05) is 30.0 Å². The molecular weight excluding hydrogens is 244 g/mol. The number of hydrogen-bond acceptors (Lipinski definition) is 4. The molecule has 0 saturated carbocycles. The normalized spacial score (nSPS) is 12.2. The van der Waals surface area contributed by atoms with Crippen molar-refractivity contribution in [3.63, 3.8) is 0 Å². The molecule has 0 aliphatic heterocycles. The fourth-order valence-electron chi connectivity index (χ4n) is 1.61. The number of nitrogen functional groups attached to an aromatic ring is 1. The first-order chi connectivity index (χ1) is 8.67. The van der Waals surface area contributed by atoms with Crippen LogP contribution in [0, 0.1) is 0 Å². The Balaban J connectivity index is 2.60. The highest BCUT2D eigenvalue weighted by Crippen LogP contribution is 2.26. The Morgan fingerprint density at radius 1 is 1.44 bits per heavy atom. The van der Waals surface area contributed by atoms with Gasteiger partial charge < -0.3 is 15.8 Å². The average Bonchev–Trinajstić information content (AvgIpc) is 2.37. The standard InChI is InChI=1S/C14H24N2OS/c1-4-8-17-14-10-12(5-6-13(14)15)16-11(2)7-9-18-3/h5-6,10-11,16H,4,7-9,15H2,1-3H3. The highest BCUT2D eigenvalue weighted by molar-refractivity contribution is 7.98. The highest BCUT2D eigenvalue weighted by Gasteiger charge is 2.05. The van der Waals surface area contributed by atoms with Gasteiger partial charge in [0.1, 0.15) is 5.75 Å². The van der Waals surface area contributed by atoms with Crippen LogP contribution in [0.15, 0.2) is 18.2 Å². The third-order valence-electron chi connectivity index (χ3n) is 2.64. The number of anilines is 2. The molecule has 0 radical (unpaired) electrons. The second-order valence-corrected chi connectivity index (χ2v) is 5.41. The predicted molar refractivity (Wildman–Crippen MR) is 82.7 cm³/mol. The molecule has 4 heteroatoms. The van der Waals surface area contributed by atoms with Gasteiger partial charge in [0.2, 0.25) is 0 Å². The summed E-state index contributed by atoms with van der Waals surface area (Å²) in [6.07, 6.45) is 4.27. The molecular formula is C14H24N2OS. The predicted octanol–water partition coefficient (Wildman–Crippen LogP) is 3.61. The molecule has 1 unspecified atom stereocenters. The van der Waals surface area contributed by atoms with Crippen LogP contribution in [0.3, 0.4) is 0 Å². The number of rotatable bonds is 8. The molecule has 0 bridgehead atoms. The number of hydrogen-bond donors (Lipinski definition) is 2. The third kappa shape index (κ3) is 5.08. The molecule has 3 N–H and O–H groups in total. The maximum atomic E-state index is 5.89. The lowest BCUT2D eigenvalue weighted by Gasteiger charge is -2.16. The van der Waals surface area contributed by atoms with E-state index in [0.29, 0.717) is 18.3 Å². The van der Waals surface area contributed by atoms with Gasteiger partial charge in [0.05, 0.1) is 12.3 Å². The lowest BCUT2D eigenvalue weighted by Crippen LogP contribution is -2.16. The lowest BCUT2D eigenvalue weighted by molar-refractivity contribution is 0.319. The van der Waals surface area contributed by atoms with Crippen LogP contribution in [-0.4, -0.2) is 24.7 Å². The van der Waals surface area contributed by atoms with Crippen LogP contribution in [0.5, 0.6) is 5.75 Å². The second-order valence-electron chi connectivity index (χ2n) is 4.43. The molecule has 1 rings (SSSR count). The van der Waals surface area contributed by atoms with Crippen LogP contribution in [0.4, 0.5) is 11.4 Å². The first-order valence-electron chi connectivity index (χ1n) is 6.45. The van der Waals surface area contributed by atoms with Crippen molar-refractivity contribution in [1.82, 2.24) is 0 Å². The molecule has 102 valence electrons. The van der Waals surface area contributed by atoms with Gasteiger partial charge in [0.15, 0.2) is 0 Å². The summed E-state index contributed by atoms with van der Waals surface area (Å²) in [6, 6.07) is 6.35. The topological polar surface area (TPSA) is 47.3 Å². The Morgan fingerprint density at radius 3 is 2.89 bits per heavy atom. The van der Waals surface area contributed by atoms with Crippen LogP contribution >= 0.6 is 11.8 Å². The quantitative estimate of drug-likeness (QED) is 0.707. The van der Waals surface area contributed by atoms with E-state index < -0.39 is 0 Å². The molecule has 0 aliphatic rings. The van der Waals surface area contributed by atoms with E-state index in [1.54, 1.807) is 0 Å². The highest BCUT2D eigenvalue weighted by atomic mass is 32.2. The van der Waals surface area contributed by atoms with E-state index in [-0.39, 0.29) is 0 Å². The summed E-state index contributed by atoms with van der Waals surface area (Å²) in [7, 11) is 0. The Hall–Kier alpha value is -1.03. The average molecular weight is 268 g/mol. The molecule has 0 spiro atoms. The maximum Gasteiger partial charge on any atom is 0.144 e. The summed E-state index contributed by atoms with van der Waals surface area (Å²) >= 11 is 1.87. The van der Waals surface area contributed by atoms with Gasteiger partial charge in [-0.3, -0.25) is 0 Å². The number of nitrogens with two attached hydrogens (primary N) is 1. The number of nitrogens with one attached hydrogen (secondary N) is 1. The maximum absolute atomic E-state index is 5.89. The van der Waals surface area contributed by atoms with Crippen molar-refractivity contribution in [3.8, 4) is 5.75 Å². The summed E-state index contributed by atoms with van der Waals surface area (Å²) in [5.74, 6) is 1.95. The van der Waals surface area contributed by atoms with E-state index in [1.165, 1.54) is 5.75 Å². The van der Waals surface area contributed by atoms with E-state index in [4.69, 9.17) is 10.5 Å². The summed E-state index contributed by atoms with van der Waals surface area (Å²) in [5, 5.41) is 3.47. The molecule has 0 aliphatic carbocycles. The van der Waals surface area contributed by atoms with Crippen LogP contribution in [-0.2, 0) is 0 Å². The zero-order valence-corrected chi connectivity index (χ0v) is 12.3. The van der Waals surface area contributed by atoms with Crippen molar-refractivity contribution in [1.29, 1.82) is 0 Å². The van der Waals surface area contributed by atoms with Crippen molar-refractivity contribution < 1.29 is 4.74 Å². The zero-order valence-electron chi connectivity index (χ0n) is 11.5. The molecule has 0 saturated heterocycles. The van der Waals surface area contributed by atoms with Crippen molar-refractivity contribution in [2.45, 2.75) is 32.7 Å². The number of benzene rings is 1. The van der Waals surface area contributed by atoms with Gasteiger partial charge >= 0.3 is 0 Å². The molecule has 0 aromatic heterocycles. The fourth-order valence-corrected chi connectivity index (χ4v) is 2.20. The van der Waals surface area contributed by atoms with Gasteiger partial charge in [-0.1, -0.05) is 6.92 Å². The summed E-state index contributed by atoms with van der Waals surface area (Å²) < 4.78 is 5.62. The molecule has 1 aromatic carbocycles. The van der Waals surface area contributed by atoms with Crippen molar-refractivity contribution in [3.05, 3.63) is 18.2 Å².